The molecule has 1 aromatic rings. The Morgan fingerprint density at radius 2 is 2.50 bits per heavy atom. The maximum atomic E-state index is 5.93. The standard InChI is InChI=1S/C10H17N3O/c1-2-13-7-6-12-10(13)14-9-5-3-4-8(9)11/h6-9H,2-5,11H2,1H3. The molecule has 78 valence electrons. The average molecular weight is 195 g/mol. The molecule has 4 nitrogen and oxygen atoms in total. The summed E-state index contributed by atoms with van der Waals surface area (Å²) in [5, 5.41) is 0. The van der Waals surface area contributed by atoms with E-state index in [1.54, 1.807) is 6.20 Å². The molecule has 0 amide bonds. The van der Waals surface area contributed by atoms with Gasteiger partial charge in [-0.25, -0.2) is 4.98 Å². The van der Waals surface area contributed by atoms with Gasteiger partial charge in [0.15, 0.2) is 0 Å². The lowest BCUT2D eigenvalue weighted by Gasteiger charge is -2.17. The summed E-state index contributed by atoms with van der Waals surface area (Å²) in [6.45, 7) is 2.96. The maximum absolute atomic E-state index is 5.93. The number of ether oxygens (including phenoxy) is 1. The van der Waals surface area contributed by atoms with Crippen molar-refractivity contribution in [3.63, 3.8) is 0 Å². The number of aryl methyl sites for hydroxylation is 1. The topological polar surface area (TPSA) is 53.1 Å². The van der Waals surface area contributed by atoms with Gasteiger partial charge in [-0.3, -0.25) is 0 Å². The summed E-state index contributed by atoms with van der Waals surface area (Å²) < 4.78 is 7.77. The van der Waals surface area contributed by atoms with Gasteiger partial charge in [-0.2, -0.15) is 0 Å². The van der Waals surface area contributed by atoms with Crippen molar-refractivity contribution in [3.05, 3.63) is 12.4 Å². The summed E-state index contributed by atoms with van der Waals surface area (Å²) in [5.74, 6) is 0. The van der Waals surface area contributed by atoms with Crippen LogP contribution in [0.25, 0.3) is 0 Å². The predicted molar refractivity (Wildman–Crippen MR) is 54.1 cm³/mol. The SMILES string of the molecule is CCn1ccnc1OC1CCCC1N. The van der Waals surface area contributed by atoms with Crippen LogP contribution in [0.2, 0.25) is 0 Å². The minimum atomic E-state index is 0.155. The zero-order valence-electron chi connectivity index (χ0n) is 8.52. The minimum Gasteiger partial charge on any atom is -0.460 e. The molecule has 0 aliphatic heterocycles. The number of imidazole rings is 1. The van der Waals surface area contributed by atoms with Crippen molar-refractivity contribution in [2.24, 2.45) is 5.73 Å². The van der Waals surface area contributed by atoms with Crippen LogP contribution in [0.4, 0.5) is 0 Å². The van der Waals surface area contributed by atoms with E-state index in [1.807, 2.05) is 10.8 Å². The zero-order valence-corrected chi connectivity index (χ0v) is 8.52. The third kappa shape index (κ3) is 1.75. The van der Waals surface area contributed by atoms with Crippen LogP contribution in [-0.4, -0.2) is 21.7 Å². The average Bonchev–Trinajstić information content (AvgIpc) is 2.77. The number of nitrogens with zero attached hydrogens (tertiary/aromatic N) is 2. The highest BCUT2D eigenvalue weighted by atomic mass is 16.5. The zero-order chi connectivity index (χ0) is 9.97. The monoisotopic (exact) mass is 195 g/mol. The second kappa shape index (κ2) is 4.00. The van der Waals surface area contributed by atoms with Crippen LogP contribution in [0.15, 0.2) is 12.4 Å². The van der Waals surface area contributed by atoms with Crippen LogP contribution >= 0.6 is 0 Å². The van der Waals surface area contributed by atoms with Crippen LogP contribution in [0, 0.1) is 0 Å². The Kier molecular flexibility index (Phi) is 2.72. The number of nitrogens with two attached hydrogens (primary N) is 1. The molecule has 2 unspecified atom stereocenters. The lowest BCUT2D eigenvalue weighted by Crippen LogP contribution is -2.34. The predicted octanol–water partition coefficient (Wildman–Crippen LogP) is 1.16. The Morgan fingerprint density at radius 3 is 3.14 bits per heavy atom. The number of rotatable bonds is 3. The van der Waals surface area contributed by atoms with Crippen molar-refractivity contribution in [1.82, 2.24) is 9.55 Å². The van der Waals surface area contributed by atoms with Gasteiger partial charge in [0.1, 0.15) is 6.10 Å². The van der Waals surface area contributed by atoms with E-state index in [2.05, 4.69) is 11.9 Å². The molecule has 2 N–H and O–H groups in total. The van der Waals surface area contributed by atoms with E-state index in [-0.39, 0.29) is 12.1 Å². The van der Waals surface area contributed by atoms with Crippen LogP contribution < -0.4 is 10.5 Å². The van der Waals surface area contributed by atoms with Gasteiger partial charge in [0.25, 0.3) is 6.01 Å². The van der Waals surface area contributed by atoms with E-state index in [4.69, 9.17) is 10.5 Å². The Balaban J connectivity index is 2.02. The summed E-state index contributed by atoms with van der Waals surface area (Å²) in [6, 6.07) is 0.881. The van der Waals surface area contributed by atoms with Crippen molar-refractivity contribution in [3.8, 4) is 6.01 Å². The molecule has 0 bridgehead atoms. The Bertz CT molecular complexity index is 297. The van der Waals surface area contributed by atoms with Gasteiger partial charge in [-0.15, -0.1) is 0 Å². The first-order valence-corrected chi connectivity index (χ1v) is 5.24. The molecule has 1 heterocycles. The second-order valence-electron chi connectivity index (χ2n) is 3.75. The normalized spacial score (nSPS) is 26.7. The van der Waals surface area contributed by atoms with Crippen LogP contribution in [0.1, 0.15) is 26.2 Å². The molecular formula is C10H17N3O. The van der Waals surface area contributed by atoms with Crippen LogP contribution in [0.5, 0.6) is 6.01 Å². The van der Waals surface area contributed by atoms with Gasteiger partial charge >= 0.3 is 0 Å². The summed E-state index contributed by atoms with van der Waals surface area (Å²) in [6.07, 6.45) is 7.13. The third-order valence-corrected chi connectivity index (χ3v) is 2.78. The van der Waals surface area contributed by atoms with Gasteiger partial charge in [-0.1, -0.05) is 0 Å². The fourth-order valence-electron chi connectivity index (χ4n) is 1.89. The molecule has 0 saturated heterocycles. The van der Waals surface area contributed by atoms with Gasteiger partial charge in [0, 0.05) is 25.0 Å². The molecule has 1 aromatic heterocycles. The smallest absolute Gasteiger partial charge is 0.296 e. The molecule has 1 aliphatic rings. The second-order valence-corrected chi connectivity index (χ2v) is 3.75. The van der Waals surface area contributed by atoms with E-state index in [0.29, 0.717) is 6.01 Å². The molecule has 0 radical (unpaired) electrons. The van der Waals surface area contributed by atoms with Crippen LogP contribution in [0.3, 0.4) is 0 Å². The molecule has 1 aliphatic carbocycles. The van der Waals surface area contributed by atoms with Crippen molar-refractivity contribution < 1.29 is 4.74 Å². The number of aromatic nitrogens is 2. The molecule has 1 fully saturated rings. The Morgan fingerprint density at radius 1 is 1.64 bits per heavy atom. The minimum absolute atomic E-state index is 0.155. The summed E-state index contributed by atoms with van der Waals surface area (Å²) in [5.41, 5.74) is 5.93. The van der Waals surface area contributed by atoms with Crippen molar-refractivity contribution in [2.45, 2.75) is 44.9 Å². The fourth-order valence-corrected chi connectivity index (χ4v) is 1.89. The first kappa shape index (κ1) is 9.52. The number of hydrogen-bond acceptors (Lipinski definition) is 3. The molecule has 2 atom stereocenters. The highest BCUT2D eigenvalue weighted by Gasteiger charge is 2.26. The Hall–Kier alpha value is -1.03. The Labute approximate surface area is 84.1 Å². The molecule has 1 saturated carbocycles. The fraction of sp³-hybridized carbons (Fsp3) is 0.700. The van der Waals surface area contributed by atoms with E-state index in [0.717, 1.165) is 19.4 Å². The molecular weight excluding hydrogens is 178 g/mol. The molecule has 0 spiro atoms. The molecule has 2 rings (SSSR count). The van der Waals surface area contributed by atoms with Gasteiger partial charge < -0.3 is 15.0 Å². The van der Waals surface area contributed by atoms with Gasteiger partial charge in [-0.05, 0) is 26.2 Å². The summed E-state index contributed by atoms with van der Waals surface area (Å²) in [4.78, 5) is 4.17. The first-order valence-electron chi connectivity index (χ1n) is 5.24. The lowest BCUT2D eigenvalue weighted by molar-refractivity contribution is 0.168. The van der Waals surface area contributed by atoms with E-state index in [9.17, 15) is 0 Å². The highest BCUT2D eigenvalue weighted by molar-refractivity contribution is 5.00. The molecule has 0 aromatic carbocycles. The summed E-state index contributed by atoms with van der Waals surface area (Å²) in [7, 11) is 0. The first-order chi connectivity index (χ1) is 6.81. The summed E-state index contributed by atoms with van der Waals surface area (Å²) >= 11 is 0. The third-order valence-electron chi connectivity index (χ3n) is 2.78. The van der Waals surface area contributed by atoms with E-state index < -0.39 is 0 Å². The van der Waals surface area contributed by atoms with Crippen LogP contribution in [-0.2, 0) is 6.54 Å². The quantitative estimate of drug-likeness (QED) is 0.787. The van der Waals surface area contributed by atoms with Crippen molar-refractivity contribution >= 4 is 0 Å². The molecule has 14 heavy (non-hydrogen) atoms. The van der Waals surface area contributed by atoms with Crippen molar-refractivity contribution in [2.75, 3.05) is 0 Å². The maximum Gasteiger partial charge on any atom is 0.296 e. The van der Waals surface area contributed by atoms with E-state index in [1.165, 1.54) is 6.42 Å². The number of hydrogen-bond donors (Lipinski definition) is 1. The molecule has 4 heteroatoms. The van der Waals surface area contributed by atoms with Gasteiger partial charge in [0.2, 0.25) is 0 Å². The van der Waals surface area contributed by atoms with Gasteiger partial charge in [0.05, 0.1) is 0 Å². The highest BCUT2D eigenvalue weighted by Crippen LogP contribution is 2.22. The van der Waals surface area contributed by atoms with Crippen molar-refractivity contribution in [1.29, 1.82) is 0 Å². The largest absolute Gasteiger partial charge is 0.460 e. The van der Waals surface area contributed by atoms with E-state index >= 15 is 0 Å². The lowest BCUT2D eigenvalue weighted by atomic mass is 10.2.